The number of aliphatic hydroxyl groups is 1. The number of hydrogen-bond donors (Lipinski definition) is 1. The largest absolute Gasteiger partial charge is 0.394 e. The van der Waals surface area contributed by atoms with E-state index in [1.807, 2.05) is 11.8 Å². The Bertz CT molecular complexity index is 366. The number of aryl methyl sites for hydroxylation is 1. The SMILES string of the molecule is OCC1CCc2cccc3c2N1CS3. The Morgan fingerprint density at radius 1 is 1.50 bits per heavy atom. The third-order valence-corrected chi connectivity index (χ3v) is 4.18. The Balaban J connectivity index is 2.10. The number of rotatable bonds is 1. The minimum Gasteiger partial charge on any atom is -0.394 e. The summed E-state index contributed by atoms with van der Waals surface area (Å²) >= 11 is 1.89. The maximum atomic E-state index is 9.29. The molecular formula is C11H13NOS. The molecule has 0 radical (unpaired) electrons. The minimum absolute atomic E-state index is 0.286. The molecule has 14 heavy (non-hydrogen) atoms. The van der Waals surface area contributed by atoms with E-state index in [0.717, 1.165) is 18.7 Å². The second kappa shape index (κ2) is 3.17. The molecule has 0 saturated carbocycles. The third kappa shape index (κ3) is 1.09. The van der Waals surface area contributed by atoms with Crippen LogP contribution >= 0.6 is 11.8 Å². The second-order valence-corrected chi connectivity index (χ2v) is 4.87. The van der Waals surface area contributed by atoms with Crippen LogP contribution in [-0.2, 0) is 6.42 Å². The Labute approximate surface area is 87.9 Å². The van der Waals surface area contributed by atoms with E-state index < -0.39 is 0 Å². The molecule has 1 unspecified atom stereocenters. The first-order valence-electron chi connectivity index (χ1n) is 5.02. The van der Waals surface area contributed by atoms with Crippen LogP contribution in [-0.4, -0.2) is 23.6 Å². The summed E-state index contributed by atoms with van der Waals surface area (Å²) in [6.45, 7) is 0.286. The van der Waals surface area contributed by atoms with Crippen molar-refractivity contribution in [2.75, 3.05) is 17.4 Å². The summed E-state index contributed by atoms with van der Waals surface area (Å²) in [7, 11) is 0. The first kappa shape index (κ1) is 8.62. The predicted octanol–water partition coefficient (Wildman–Crippen LogP) is 1.86. The summed E-state index contributed by atoms with van der Waals surface area (Å²) in [6, 6.07) is 6.89. The third-order valence-electron chi connectivity index (χ3n) is 3.13. The van der Waals surface area contributed by atoms with Crippen LogP contribution < -0.4 is 4.90 Å². The van der Waals surface area contributed by atoms with E-state index in [9.17, 15) is 5.11 Å². The fourth-order valence-electron chi connectivity index (χ4n) is 2.37. The Morgan fingerprint density at radius 3 is 3.29 bits per heavy atom. The average molecular weight is 207 g/mol. The number of hydrogen-bond acceptors (Lipinski definition) is 3. The lowest BCUT2D eigenvalue weighted by Gasteiger charge is -2.34. The maximum Gasteiger partial charge on any atom is 0.0691 e. The molecule has 0 spiro atoms. The van der Waals surface area contributed by atoms with Crippen molar-refractivity contribution in [2.45, 2.75) is 23.8 Å². The number of thioether (sulfide) groups is 1. The fraction of sp³-hybridized carbons (Fsp3) is 0.455. The van der Waals surface area contributed by atoms with Gasteiger partial charge in [-0.2, -0.15) is 0 Å². The molecule has 3 heteroatoms. The quantitative estimate of drug-likeness (QED) is 0.760. The predicted molar refractivity (Wildman–Crippen MR) is 58.8 cm³/mol. The first-order valence-corrected chi connectivity index (χ1v) is 6.01. The zero-order valence-electron chi connectivity index (χ0n) is 7.94. The number of benzene rings is 1. The van der Waals surface area contributed by atoms with Gasteiger partial charge in [0.15, 0.2) is 0 Å². The fourth-order valence-corrected chi connectivity index (χ4v) is 3.55. The van der Waals surface area contributed by atoms with Crippen molar-refractivity contribution in [3.63, 3.8) is 0 Å². The number of aliphatic hydroxyl groups excluding tert-OH is 1. The van der Waals surface area contributed by atoms with Crippen LogP contribution in [0.1, 0.15) is 12.0 Å². The van der Waals surface area contributed by atoms with Crippen LogP contribution in [0.5, 0.6) is 0 Å². The van der Waals surface area contributed by atoms with Crippen LogP contribution in [0.25, 0.3) is 0 Å². The summed E-state index contributed by atoms with van der Waals surface area (Å²) in [4.78, 5) is 3.75. The van der Waals surface area contributed by atoms with Gasteiger partial charge in [0.05, 0.1) is 24.2 Å². The summed E-state index contributed by atoms with van der Waals surface area (Å²) < 4.78 is 0. The van der Waals surface area contributed by atoms with E-state index in [0.29, 0.717) is 6.04 Å². The van der Waals surface area contributed by atoms with E-state index in [2.05, 4.69) is 23.1 Å². The van der Waals surface area contributed by atoms with Crippen molar-refractivity contribution in [2.24, 2.45) is 0 Å². The Morgan fingerprint density at radius 2 is 2.43 bits per heavy atom. The molecule has 2 aliphatic heterocycles. The summed E-state index contributed by atoms with van der Waals surface area (Å²) in [5.41, 5.74) is 2.85. The van der Waals surface area contributed by atoms with E-state index in [-0.39, 0.29) is 6.61 Å². The summed E-state index contributed by atoms with van der Waals surface area (Å²) in [5, 5.41) is 9.29. The van der Waals surface area contributed by atoms with Crippen LogP contribution in [0.4, 0.5) is 5.69 Å². The van der Waals surface area contributed by atoms with Crippen molar-refractivity contribution in [1.29, 1.82) is 0 Å². The van der Waals surface area contributed by atoms with Crippen LogP contribution in [0.3, 0.4) is 0 Å². The Hall–Kier alpha value is -0.670. The molecule has 3 rings (SSSR count). The molecule has 0 aliphatic carbocycles. The van der Waals surface area contributed by atoms with Gasteiger partial charge in [-0.1, -0.05) is 12.1 Å². The lowest BCUT2D eigenvalue weighted by molar-refractivity contribution is 0.252. The molecule has 2 heterocycles. The zero-order chi connectivity index (χ0) is 9.54. The monoisotopic (exact) mass is 207 g/mol. The zero-order valence-corrected chi connectivity index (χ0v) is 8.76. The molecule has 0 amide bonds. The molecule has 1 aromatic rings. The highest BCUT2D eigenvalue weighted by molar-refractivity contribution is 7.99. The number of nitrogens with zero attached hydrogens (tertiary/aromatic N) is 1. The van der Waals surface area contributed by atoms with Crippen LogP contribution in [0.15, 0.2) is 23.1 Å². The van der Waals surface area contributed by atoms with E-state index in [4.69, 9.17) is 0 Å². The average Bonchev–Trinajstić information content (AvgIpc) is 2.66. The molecule has 74 valence electrons. The normalized spacial score (nSPS) is 23.8. The molecule has 1 N–H and O–H groups in total. The van der Waals surface area contributed by atoms with Gasteiger partial charge in [0.2, 0.25) is 0 Å². The van der Waals surface area contributed by atoms with Crippen LogP contribution in [0, 0.1) is 0 Å². The topological polar surface area (TPSA) is 23.5 Å². The molecule has 0 aromatic heterocycles. The van der Waals surface area contributed by atoms with Crippen LogP contribution in [0.2, 0.25) is 0 Å². The number of para-hydroxylation sites is 1. The van der Waals surface area contributed by atoms with Gasteiger partial charge in [-0.15, -0.1) is 11.8 Å². The van der Waals surface area contributed by atoms with Gasteiger partial charge in [-0.05, 0) is 24.5 Å². The van der Waals surface area contributed by atoms with Gasteiger partial charge < -0.3 is 10.0 Å². The van der Waals surface area contributed by atoms with E-state index >= 15 is 0 Å². The molecule has 1 atom stereocenters. The smallest absolute Gasteiger partial charge is 0.0691 e. The highest BCUT2D eigenvalue weighted by atomic mass is 32.2. The van der Waals surface area contributed by atoms with Crippen molar-refractivity contribution in [1.82, 2.24) is 0 Å². The summed E-state index contributed by atoms with van der Waals surface area (Å²) in [6.07, 6.45) is 2.21. The number of anilines is 1. The minimum atomic E-state index is 0.286. The second-order valence-electron chi connectivity index (χ2n) is 3.88. The first-order chi connectivity index (χ1) is 6.90. The van der Waals surface area contributed by atoms with Gasteiger partial charge in [0.25, 0.3) is 0 Å². The van der Waals surface area contributed by atoms with Crippen molar-refractivity contribution >= 4 is 17.4 Å². The van der Waals surface area contributed by atoms with Crippen molar-refractivity contribution in [3.8, 4) is 0 Å². The van der Waals surface area contributed by atoms with Gasteiger partial charge in [0, 0.05) is 4.90 Å². The van der Waals surface area contributed by atoms with Crippen molar-refractivity contribution in [3.05, 3.63) is 23.8 Å². The van der Waals surface area contributed by atoms with Crippen molar-refractivity contribution < 1.29 is 5.11 Å². The molecule has 2 nitrogen and oxygen atoms in total. The van der Waals surface area contributed by atoms with E-state index in [1.54, 1.807) is 0 Å². The van der Waals surface area contributed by atoms with Gasteiger partial charge in [0.1, 0.15) is 0 Å². The van der Waals surface area contributed by atoms with Gasteiger partial charge >= 0.3 is 0 Å². The molecule has 0 bridgehead atoms. The molecular weight excluding hydrogens is 194 g/mol. The highest BCUT2D eigenvalue weighted by Gasteiger charge is 2.31. The molecule has 0 saturated heterocycles. The Kier molecular flexibility index (Phi) is 1.96. The lowest BCUT2D eigenvalue weighted by Crippen LogP contribution is -2.39. The summed E-state index contributed by atoms with van der Waals surface area (Å²) in [5.74, 6) is 1.01. The molecule has 0 fully saturated rings. The van der Waals surface area contributed by atoms with E-state index in [1.165, 1.54) is 16.1 Å². The molecule has 2 aliphatic rings. The highest BCUT2D eigenvalue weighted by Crippen LogP contribution is 2.45. The maximum absolute atomic E-state index is 9.29. The van der Waals surface area contributed by atoms with Gasteiger partial charge in [-0.25, -0.2) is 0 Å². The lowest BCUT2D eigenvalue weighted by atomic mass is 9.97. The van der Waals surface area contributed by atoms with Gasteiger partial charge in [-0.3, -0.25) is 0 Å². The standard InChI is InChI=1S/C11H13NOS/c13-6-9-5-4-8-2-1-3-10-11(8)12(9)7-14-10/h1-3,9,13H,4-7H2. The molecule has 1 aromatic carbocycles.